The van der Waals surface area contributed by atoms with Crippen LogP contribution in [0.1, 0.15) is 129 Å². The lowest BCUT2D eigenvalue weighted by Gasteiger charge is -2.05. The van der Waals surface area contributed by atoms with Gasteiger partial charge in [-0.3, -0.25) is 0 Å². The molecule has 0 bridgehead atoms. The summed E-state index contributed by atoms with van der Waals surface area (Å²) in [4.78, 5) is 0. The van der Waals surface area contributed by atoms with Crippen molar-refractivity contribution >= 4 is 0 Å². The summed E-state index contributed by atoms with van der Waals surface area (Å²) >= 11 is 0. The molecule has 0 aromatic heterocycles. The number of hydrogen-bond donors (Lipinski definition) is 1. The Morgan fingerprint density at radius 1 is 0.607 bits per heavy atom. The molecular formula is C27H51N. The van der Waals surface area contributed by atoms with Crippen molar-refractivity contribution in [1.82, 2.24) is 0 Å². The maximum Gasteiger partial charge on any atom is 0.0178 e. The standard InChI is InChI=1S/C20H42.C7H9N/c1-4-5-6-7-8-9-10-11-12-13-14-15-16-17-18-19-20(2)3;8-6-7-4-2-1-3-5-7/h20H,4-19H2,1-3H3;1-5H,6,8H2. The molecule has 164 valence electrons. The lowest BCUT2D eigenvalue weighted by atomic mass is 10.0. The second kappa shape index (κ2) is 22.5. The lowest BCUT2D eigenvalue weighted by molar-refractivity contribution is 0.502. The molecule has 1 rings (SSSR count). The van der Waals surface area contributed by atoms with Gasteiger partial charge in [-0.1, -0.05) is 154 Å². The smallest absolute Gasteiger partial charge is 0.0178 e. The number of benzene rings is 1. The highest BCUT2D eigenvalue weighted by molar-refractivity contribution is 5.13. The summed E-state index contributed by atoms with van der Waals surface area (Å²) in [6.07, 6.45) is 23.5. The van der Waals surface area contributed by atoms with Gasteiger partial charge in [0, 0.05) is 6.54 Å². The first kappa shape index (κ1) is 27.2. The summed E-state index contributed by atoms with van der Waals surface area (Å²) in [5, 5.41) is 0. The average Bonchev–Trinajstić information content (AvgIpc) is 2.72. The van der Waals surface area contributed by atoms with Gasteiger partial charge in [-0.25, -0.2) is 0 Å². The summed E-state index contributed by atoms with van der Waals surface area (Å²) in [5.74, 6) is 0.900. The van der Waals surface area contributed by atoms with Crippen LogP contribution < -0.4 is 5.73 Å². The first-order chi connectivity index (χ1) is 13.7. The van der Waals surface area contributed by atoms with Crippen LogP contribution in [0.15, 0.2) is 30.3 Å². The zero-order valence-corrected chi connectivity index (χ0v) is 19.6. The van der Waals surface area contributed by atoms with Gasteiger partial charge in [0.15, 0.2) is 0 Å². The zero-order chi connectivity index (χ0) is 20.7. The third-order valence-corrected chi connectivity index (χ3v) is 5.46. The Morgan fingerprint density at radius 3 is 1.32 bits per heavy atom. The van der Waals surface area contributed by atoms with E-state index in [1.165, 1.54) is 108 Å². The summed E-state index contributed by atoms with van der Waals surface area (Å²) in [7, 11) is 0. The average molecular weight is 390 g/mol. The third kappa shape index (κ3) is 21.5. The van der Waals surface area contributed by atoms with Crippen LogP contribution in [0.3, 0.4) is 0 Å². The molecule has 0 aliphatic rings. The van der Waals surface area contributed by atoms with Crippen molar-refractivity contribution in [3.63, 3.8) is 0 Å². The van der Waals surface area contributed by atoms with E-state index in [2.05, 4.69) is 20.8 Å². The molecule has 0 radical (unpaired) electrons. The molecule has 2 N–H and O–H groups in total. The van der Waals surface area contributed by atoms with Crippen LogP contribution >= 0.6 is 0 Å². The molecule has 0 heterocycles. The number of unbranched alkanes of at least 4 members (excludes halogenated alkanes) is 14. The second-order valence-electron chi connectivity index (χ2n) is 8.82. The Bertz CT molecular complexity index is 385. The van der Waals surface area contributed by atoms with Crippen molar-refractivity contribution in [3.8, 4) is 0 Å². The zero-order valence-electron chi connectivity index (χ0n) is 19.6. The van der Waals surface area contributed by atoms with Crippen molar-refractivity contribution in [2.45, 2.75) is 130 Å². The second-order valence-corrected chi connectivity index (χ2v) is 8.82. The van der Waals surface area contributed by atoms with E-state index in [9.17, 15) is 0 Å². The van der Waals surface area contributed by atoms with E-state index in [1.54, 1.807) is 0 Å². The molecule has 0 atom stereocenters. The van der Waals surface area contributed by atoms with Crippen LogP contribution in [0.2, 0.25) is 0 Å². The number of hydrogen-bond acceptors (Lipinski definition) is 1. The van der Waals surface area contributed by atoms with E-state index >= 15 is 0 Å². The highest BCUT2D eigenvalue weighted by Gasteiger charge is 1.96. The highest BCUT2D eigenvalue weighted by Crippen LogP contribution is 2.14. The molecular weight excluding hydrogens is 338 g/mol. The van der Waals surface area contributed by atoms with Crippen LogP contribution in [-0.2, 0) is 6.54 Å². The molecule has 1 nitrogen and oxygen atoms in total. The molecule has 0 spiro atoms. The molecule has 0 aliphatic carbocycles. The Kier molecular flexibility index (Phi) is 21.8. The van der Waals surface area contributed by atoms with Crippen LogP contribution in [0.4, 0.5) is 0 Å². The maximum atomic E-state index is 5.35. The molecule has 28 heavy (non-hydrogen) atoms. The monoisotopic (exact) mass is 389 g/mol. The van der Waals surface area contributed by atoms with Crippen LogP contribution in [0.25, 0.3) is 0 Å². The van der Waals surface area contributed by atoms with Crippen molar-refractivity contribution in [2.24, 2.45) is 11.7 Å². The van der Waals surface area contributed by atoms with Crippen molar-refractivity contribution in [3.05, 3.63) is 35.9 Å². The SMILES string of the molecule is CCCCCCCCCCCCCCCCCC(C)C.NCc1ccccc1. The molecule has 0 saturated heterocycles. The van der Waals surface area contributed by atoms with Gasteiger partial charge >= 0.3 is 0 Å². The Balaban J connectivity index is 0.000000749. The van der Waals surface area contributed by atoms with Gasteiger partial charge in [0.2, 0.25) is 0 Å². The number of nitrogens with two attached hydrogens (primary N) is 1. The molecule has 1 aromatic rings. The Hall–Kier alpha value is -0.820. The predicted molar refractivity (Wildman–Crippen MR) is 129 cm³/mol. The molecule has 0 fully saturated rings. The molecule has 0 saturated carbocycles. The normalized spacial score (nSPS) is 10.8. The third-order valence-electron chi connectivity index (χ3n) is 5.46. The highest BCUT2D eigenvalue weighted by atomic mass is 14.5. The first-order valence-corrected chi connectivity index (χ1v) is 12.4. The Morgan fingerprint density at radius 2 is 1.00 bits per heavy atom. The minimum absolute atomic E-state index is 0.640. The van der Waals surface area contributed by atoms with Gasteiger partial charge in [-0.05, 0) is 11.5 Å². The molecule has 0 unspecified atom stereocenters. The van der Waals surface area contributed by atoms with Crippen LogP contribution in [0, 0.1) is 5.92 Å². The summed E-state index contributed by atoms with van der Waals surface area (Å²) in [6, 6.07) is 9.99. The topological polar surface area (TPSA) is 26.0 Å². The minimum Gasteiger partial charge on any atom is -0.326 e. The van der Waals surface area contributed by atoms with E-state index in [0.717, 1.165) is 5.92 Å². The molecule has 0 aliphatic heterocycles. The van der Waals surface area contributed by atoms with Gasteiger partial charge in [-0.15, -0.1) is 0 Å². The quantitative estimate of drug-likeness (QED) is 0.264. The van der Waals surface area contributed by atoms with E-state index in [1.807, 2.05) is 30.3 Å². The first-order valence-electron chi connectivity index (χ1n) is 12.4. The van der Waals surface area contributed by atoms with E-state index in [4.69, 9.17) is 5.73 Å². The fourth-order valence-corrected chi connectivity index (χ4v) is 3.54. The summed E-state index contributed by atoms with van der Waals surface area (Å²) in [6.45, 7) is 7.61. The van der Waals surface area contributed by atoms with Gasteiger partial charge in [0.05, 0.1) is 0 Å². The van der Waals surface area contributed by atoms with Crippen molar-refractivity contribution < 1.29 is 0 Å². The fourth-order valence-electron chi connectivity index (χ4n) is 3.54. The van der Waals surface area contributed by atoms with Crippen molar-refractivity contribution in [2.75, 3.05) is 0 Å². The summed E-state index contributed by atoms with van der Waals surface area (Å²) in [5.41, 5.74) is 6.54. The molecule has 1 heteroatoms. The lowest BCUT2D eigenvalue weighted by Crippen LogP contribution is -1.94. The number of rotatable bonds is 17. The molecule has 0 amide bonds. The van der Waals surface area contributed by atoms with Gasteiger partial charge in [0.1, 0.15) is 0 Å². The van der Waals surface area contributed by atoms with Crippen LogP contribution in [-0.4, -0.2) is 0 Å². The van der Waals surface area contributed by atoms with Crippen molar-refractivity contribution in [1.29, 1.82) is 0 Å². The van der Waals surface area contributed by atoms with E-state index in [-0.39, 0.29) is 0 Å². The van der Waals surface area contributed by atoms with Gasteiger partial charge in [0.25, 0.3) is 0 Å². The largest absolute Gasteiger partial charge is 0.326 e. The predicted octanol–water partition coefficient (Wildman–Crippen LogP) is 9.05. The minimum atomic E-state index is 0.640. The molecule has 1 aromatic carbocycles. The van der Waals surface area contributed by atoms with E-state index in [0.29, 0.717) is 6.54 Å². The van der Waals surface area contributed by atoms with Gasteiger partial charge in [-0.2, -0.15) is 0 Å². The van der Waals surface area contributed by atoms with Crippen LogP contribution in [0.5, 0.6) is 0 Å². The van der Waals surface area contributed by atoms with E-state index < -0.39 is 0 Å². The maximum absolute atomic E-state index is 5.35. The Labute approximate surface area is 177 Å². The fraction of sp³-hybridized carbons (Fsp3) is 0.778. The summed E-state index contributed by atoms with van der Waals surface area (Å²) < 4.78 is 0. The van der Waals surface area contributed by atoms with Gasteiger partial charge < -0.3 is 5.73 Å².